The minimum atomic E-state index is -0.485. The molecule has 2 aromatic carbocycles. The summed E-state index contributed by atoms with van der Waals surface area (Å²) in [7, 11) is 1.63. The fourth-order valence-corrected chi connectivity index (χ4v) is 4.94. The first-order chi connectivity index (χ1) is 14.6. The van der Waals surface area contributed by atoms with Crippen molar-refractivity contribution in [1.82, 2.24) is 14.8 Å². The standard InChI is InChI=1S/C24H25N3O3/c1-3-11-26-14-21(28)27-20(24(26)29)13-18-17-9-4-5-10-19(17)25-22(18)23(27)15-7-6-8-16(12-15)30-2/h4-10,12,20,23,25H,3,11,13-14H2,1-2H3/t20-,23-/m0/s1. The lowest BCUT2D eigenvalue weighted by molar-refractivity contribution is -0.158. The molecule has 6 heteroatoms. The van der Waals surface area contributed by atoms with E-state index in [0.29, 0.717) is 13.0 Å². The molecule has 154 valence electrons. The molecule has 5 rings (SSSR count). The van der Waals surface area contributed by atoms with Crippen molar-refractivity contribution in [3.05, 3.63) is 65.4 Å². The minimum absolute atomic E-state index is 0.00910. The van der Waals surface area contributed by atoms with Gasteiger partial charge < -0.3 is 19.5 Å². The van der Waals surface area contributed by atoms with E-state index in [-0.39, 0.29) is 24.4 Å². The van der Waals surface area contributed by atoms with Gasteiger partial charge in [-0.05, 0) is 35.7 Å². The summed E-state index contributed by atoms with van der Waals surface area (Å²) in [5.74, 6) is 0.765. The van der Waals surface area contributed by atoms with Crippen LogP contribution in [0.2, 0.25) is 0 Å². The smallest absolute Gasteiger partial charge is 0.246 e. The Morgan fingerprint density at radius 2 is 1.97 bits per heavy atom. The molecular formula is C24H25N3O3. The number of nitrogens with zero attached hydrogens (tertiary/aromatic N) is 2. The quantitative estimate of drug-likeness (QED) is 0.727. The van der Waals surface area contributed by atoms with Crippen molar-refractivity contribution in [3.8, 4) is 5.75 Å². The third-order valence-electron chi connectivity index (χ3n) is 6.25. The Hall–Kier alpha value is -3.28. The second-order valence-electron chi connectivity index (χ2n) is 8.02. The van der Waals surface area contributed by atoms with Gasteiger partial charge in [0, 0.05) is 29.6 Å². The van der Waals surface area contributed by atoms with Crippen molar-refractivity contribution < 1.29 is 14.3 Å². The maximum atomic E-state index is 13.4. The fraction of sp³-hybridized carbons (Fsp3) is 0.333. The molecule has 3 aromatic rings. The van der Waals surface area contributed by atoms with Crippen molar-refractivity contribution in [3.63, 3.8) is 0 Å². The van der Waals surface area contributed by atoms with Gasteiger partial charge in [-0.25, -0.2) is 0 Å². The van der Waals surface area contributed by atoms with E-state index in [1.54, 1.807) is 16.9 Å². The molecule has 2 aliphatic rings. The first-order valence-electron chi connectivity index (χ1n) is 10.5. The Balaban J connectivity index is 1.71. The molecule has 1 saturated heterocycles. The normalized spacial score (nSPS) is 21.0. The molecule has 6 nitrogen and oxygen atoms in total. The van der Waals surface area contributed by atoms with Crippen LogP contribution in [0.15, 0.2) is 48.5 Å². The number of nitrogens with one attached hydrogen (secondary N) is 1. The molecule has 1 N–H and O–H groups in total. The third-order valence-corrected chi connectivity index (χ3v) is 6.25. The number of benzene rings is 2. The molecule has 2 aliphatic heterocycles. The lowest BCUT2D eigenvalue weighted by Gasteiger charge is -2.47. The van der Waals surface area contributed by atoms with E-state index in [2.05, 4.69) is 11.1 Å². The fourth-order valence-electron chi connectivity index (χ4n) is 4.94. The Bertz CT molecular complexity index is 1140. The number of para-hydroxylation sites is 1. The number of carbonyl (C=O) groups excluding carboxylic acids is 2. The van der Waals surface area contributed by atoms with Crippen LogP contribution in [-0.4, -0.2) is 52.8 Å². The number of piperazine rings is 1. The molecule has 2 amide bonds. The monoisotopic (exact) mass is 403 g/mol. The van der Waals surface area contributed by atoms with Gasteiger partial charge >= 0.3 is 0 Å². The lowest BCUT2D eigenvalue weighted by atomic mass is 9.86. The zero-order chi connectivity index (χ0) is 20.8. The summed E-state index contributed by atoms with van der Waals surface area (Å²) in [5, 5.41) is 1.12. The van der Waals surface area contributed by atoms with E-state index in [9.17, 15) is 9.59 Å². The van der Waals surface area contributed by atoms with Gasteiger partial charge in [0.15, 0.2) is 0 Å². The van der Waals surface area contributed by atoms with E-state index in [1.165, 1.54) is 0 Å². The number of rotatable bonds is 4. The molecule has 0 saturated carbocycles. The predicted octanol–water partition coefficient (Wildman–Crippen LogP) is 3.27. The van der Waals surface area contributed by atoms with Crippen molar-refractivity contribution >= 4 is 22.7 Å². The van der Waals surface area contributed by atoms with Gasteiger partial charge in [-0.15, -0.1) is 0 Å². The summed E-state index contributed by atoms with van der Waals surface area (Å²) >= 11 is 0. The molecule has 0 bridgehead atoms. The first kappa shape index (κ1) is 18.7. The molecule has 2 atom stereocenters. The zero-order valence-corrected chi connectivity index (χ0v) is 17.2. The van der Waals surface area contributed by atoms with Crippen LogP contribution < -0.4 is 4.74 Å². The molecule has 1 fully saturated rings. The van der Waals surface area contributed by atoms with Crippen molar-refractivity contribution in [2.75, 3.05) is 20.2 Å². The average Bonchev–Trinajstić information content (AvgIpc) is 3.14. The maximum Gasteiger partial charge on any atom is 0.246 e. The number of aromatic amines is 1. The first-order valence-corrected chi connectivity index (χ1v) is 10.5. The minimum Gasteiger partial charge on any atom is -0.497 e. The van der Waals surface area contributed by atoms with Crippen molar-refractivity contribution in [1.29, 1.82) is 0 Å². The van der Waals surface area contributed by atoms with Crippen molar-refractivity contribution in [2.24, 2.45) is 0 Å². The zero-order valence-electron chi connectivity index (χ0n) is 17.2. The third kappa shape index (κ3) is 2.78. The highest BCUT2D eigenvalue weighted by molar-refractivity contribution is 5.97. The lowest BCUT2D eigenvalue weighted by Crippen LogP contribution is -2.63. The van der Waals surface area contributed by atoms with E-state index in [1.807, 2.05) is 49.4 Å². The Morgan fingerprint density at radius 3 is 2.77 bits per heavy atom. The number of methoxy groups -OCH3 is 1. The number of carbonyl (C=O) groups is 2. The van der Waals surface area contributed by atoms with E-state index in [4.69, 9.17) is 4.74 Å². The summed E-state index contributed by atoms with van der Waals surface area (Å²) < 4.78 is 5.44. The second kappa shape index (κ2) is 7.20. The van der Waals surface area contributed by atoms with E-state index in [0.717, 1.165) is 39.9 Å². The summed E-state index contributed by atoms with van der Waals surface area (Å²) in [6.45, 7) is 2.78. The van der Waals surface area contributed by atoms with Crippen LogP contribution in [0.25, 0.3) is 10.9 Å². The van der Waals surface area contributed by atoms with Crippen LogP contribution >= 0.6 is 0 Å². The molecule has 1 aromatic heterocycles. The van der Waals surface area contributed by atoms with Crippen molar-refractivity contribution in [2.45, 2.75) is 31.8 Å². The molecule has 0 aliphatic carbocycles. The summed E-state index contributed by atoms with van der Waals surface area (Å²) in [6.07, 6.45) is 1.37. The highest BCUT2D eigenvalue weighted by Crippen LogP contribution is 2.43. The Labute approximate surface area is 175 Å². The highest BCUT2D eigenvalue weighted by Gasteiger charge is 2.48. The van der Waals surface area contributed by atoms with E-state index >= 15 is 0 Å². The Kier molecular flexibility index (Phi) is 4.50. The van der Waals surface area contributed by atoms with Crippen LogP contribution in [0.4, 0.5) is 0 Å². The number of aromatic nitrogens is 1. The number of H-pyrrole nitrogens is 1. The van der Waals surface area contributed by atoms with Gasteiger partial charge in [-0.1, -0.05) is 37.3 Å². The number of hydrogen-bond donors (Lipinski definition) is 1. The van der Waals surface area contributed by atoms with Crippen LogP contribution in [-0.2, 0) is 16.0 Å². The van der Waals surface area contributed by atoms with Gasteiger partial charge in [0.25, 0.3) is 0 Å². The molecule has 0 radical (unpaired) electrons. The number of hydrogen-bond acceptors (Lipinski definition) is 3. The van der Waals surface area contributed by atoms with Crippen LogP contribution in [0.5, 0.6) is 5.75 Å². The molecule has 3 heterocycles. The van der Waals surface area contributed by atoms with Gasteiger partial charge in [-0.2, -0.15) is 0 Å². The molecule has 0 unspecified atom stereocenters. The highest BCUT2D eigenvalue weighted by atomic mass is 16.5. The number of ether oxygens (including phenoxy) is 1. The van der Waals surface area contributed by atoms with Crippen LogP contribution in [0.3, 0.4) is 0 Å². The number of fused-ring (bicyclic) bond motifs is 4. The topological polar surface area (TPSA) is 65.6 Å². The molecular weight excluding hydrogens is 378 g/mol. The van der Waals surface area contributed by atoms with Gasteiger partial charge in [0.1, 0.15) is 11.8 Å². The van der Waals surface area contributed by atoms with E-state index < -0.39 is 6.04 Å². The number of amides is 2. The average molecular weight is 403 g/mol. The maximum absolute atomic E-state index is 13.4. The molecule has 0 spiro atoms. The van der Waals surface area contributed by atoms with Gasteiger partial charge in [-0.3, -0.25) is 9.59 Å². The van der Waals surface area contributed by atoms with Crippen LogP contribution in [0, 0.1) is 0 Å². The van der Waals surface area contributed by atoms with Gasteiger partial charge in [0.05, 0.1) is 19.7 Å². The predicted molar refractivity (Wildman–Crippen MR) is 114 cm³/mol. The van der Waals surface area contributed by atoms with Gasteiger partial charge in [0.2, 0.25) is 11.8 Å². The largest absolute Gasteiger partial charge is 0.497 e. The molecule has 30 heavy (non-hydrogen) atoms. The Morgan fingerprint density at radius 1 is 1.13 bits per heavy atom. The summed E-state index contributed by atoms with van der Waals surface area (Å²) in [5.41, 5.74) is 4.09. The van der Waals surface area contributed by atoms with Crippen LogP contribution in [0.1, 0.15) is 36.2 Å². The summed E-state index contributed by atoms with van der Waals surface area (Å²) in [6, 6.07) is 15.1. The summed E-state index contributed by atoms with van der Waals surface area (Å²) in [4.78, 5) is 33.7. The SMILES string of the molecule is CCCN1CC(=O)N2[C@@H](c3cccc(OC)c3)c3[nH]c4ccccc4c3C[C@H]2C1=O. The second-order valence-corrected chi connectivity index (χ2v) is 8.02.